The largest absolute Gasteiger partial charge is 0.333 e. The van der Waals surface area contributed by atoms with E-state index in [0.29, 0.717) is 35.6 Å². The number of likely N-dealkylation sites (N-methyl/N-ethyl adjacent to an activating group) is 1. The van der Waals surface area contributed by atoms with Crippen LogP contribution in [0.25, 0.3) is 5.69 Å². The molecule has 30 heavy (non-hydrogen) atoms. The van der Waals surface area contributed by atoms with Crippen LogP contribution in [-0.2, 0) is 17.8 Å². The highest BCUT2D eigenvalue weighted by Gasteiger charge is 2.34. The van der Waals surface area contributed by atoms with Gasteiger partial charge in [-0.3, -0.25) is 14.4 Å². The zero-order valence-corrected chi connectivity index (χ0v) is 17.1. The second-order valence-electron chi connectivity index (χ2n) is 7.39. The molecule has 0 radical (unpaired) electrons. The number of hydrogen-bond donors (Lipinski definition) is 1. The first-order chi connectivity index (χ1) is 14.5. The van der Waals surface area contributed by atoms with Crippen molar-refractivity contribution in [1.29, 1.82) is 0 Å². The number of hydrogen-bond acceptors (Lipinski definition) is 5. The maximum Gasteiger partial charge on any atom is 0.257 e. The molecule has 9 heteroatoms. The van der Waals surface area contributed by atoms with Crippen LogP contribution in [-0.4, -0.2) is 57.4 Å². The zero-order valence-electron chi connectivity index (χ0n) is 16.3. The molecule has 1 aromatic carbocycles. The fourth-order valence-corrected chi connectivity index (χ4v) is 5.19. The van der Waals surface area contributed by atoms with E-state index in [1.165, 1.54) is 16.2 Å². The summed E-state index contributed by atoms with van der Waals surface area (Å²) in [6, 6.07) is 9.20. The number of anilines is 1. The number of carbonyl (C=O) groups excluding carboxylic acids is 3. The highest BCUT2D eigenvalue weighted by Crippen LogP contribution is 2.39. The van der Waals surface area contributed by atoms with Crippen LogP contribution in [0.4, 0.5) is 5.00 Å². The van der Waals surface area contributed by atoms with Crippen LogP contribution in [0.2, 0.25) is 0 Å². The maximum absolute atomic E-state index is 13.2. The molecule has 0 aliphatic carbocycles. The Labute approximate surface area is 176 Å². The van der Waals surface area contributed by atoms with Crippen molar-refractivity contribution in [2.45, 2.75) is 13.0 Å². The lowest BCUT2D eigenvalue weighted by atomic mass is 10.0. The molecule has 152 valence electrons. The smallest absolute Gasteiger partial charge is 0.257 e. The van der Waals surface area contributed by atoms with Crippen LogP contribution in [0.5, 0.6) is 0 Å². The predicted molar refractivity (Wildman–Crippen MR) is 112 cm³/mol. The SMILES string of the molecule is CN1CC(=O)Nc2sc3c(c2C1=O)CCN(C(=O)c1cccc(-n2cccn2)c1)C3. The Morgan fingerprint density at radius 2 is 2.07 bits per heavy atom. The number of amides is 3. The first-order valence-corrected chi connectivity index (χ1v) is 10.4. The lowest BCUT2D eigenvalue weighted by Gasteiger charge is -2.28. The summed E-state index contributed by atoms with van der Waals surface area (Å²) >= 11 is 1.39. The molecule has 0 saturated heterocycles. The quantitative estimate of drug-likeness (QED) is 0.687. The molecule has 8 nitrogen and oxygen atoms in total. The van der Waals surface area contributed by atoms with Crippen molar-refractivity contribution in [1.82, 2.24) is 19.6 Å². The minimum Gasteiger partial charge on any atom is -0.333 e. The third-order valence-electron chi connectivity index (χ3n) is 5.40. The zero-order chi connectivity index (χ0) is 20.8. The summed E-state index contributed by atoms with van der Waals surface area (Å²) < 4.78 is 1.71. The third-order valence-corrected chi connectivity index (χ3v) is 6.53. The van der Waals surface area contributed by atoms with Crippen LogP contribution >= 0.6 is 11.3 Å². The number of aromatic nitrogens is 2. The van der Waals surface area contributed by atoms with E-state index in [4.69, 9.17) is 0 Å². The van der Waals surface area contributed by atoms with Crippen molar-refractivity contribution in [3.63, 3.8) is 0 Å². The predicted octanol–water partition coefficient (Wildman–Crippen LogP) is 2.16. The number of thiophene rings is 1. The van der Waals surface area contributed by atoms with Gasteiger partial charge in [-0.2, -0.15) is 5.10 Å². The van der Waals surface area contributed by atoms with E-state index in [1.54, 1.807) is 28.9 Å². The highest BCUT2D eigenvalue weighted by atomic mass is 32.1. The molecule has 3 amide bonds. The van der Waals surface area contributed by atoms with Crippen LogP contribution < -0.4 is 5.32 Å². The number of nitrogens with one attached hydrogen (secondary N) is 1. The van der Waals surface area contributed by atoms with Gasteiger partial charge >= 0.3 is 0 Å². The molecular weight excluding hydrogens is 402 g/mol. The normalized spacial score (nSPS) is 16.0. The molecule has 2 aromatic heterocycles. The van der Waals surface area contributed by atoms with Crippen molar-refractivity contribution in [2.75, 3.05) is 25.5 Å². The standard InChI is InChI=1S/C21H19N5O3S/c1-24-12-17(27)23-19-18(21(24)29)15-6-9-25(11-16(15)30-19)20(28)13-4-2-5-14(10-13)26-8-3-7-22-26/h2-5,7-8,10H,6,9,11-12H2,1H3,(H,23,27). The Morgan fingerprint density at radius 3 is 2.87 bits per heavy atom. The average molecular weight is 421 g/mol. The summed E-state index contributed by atoms with van der Waals surface area (Å²) in [5, 5.41) is 7.65. The number of benzene rings is 1. The minimum absolute atomic E-state index is 0.0478. The van der Waals surface area contributed by atoms with Crippen LogP contribution in [0.3, 0.4) is 0 Å². The topological polar surface area (TPSA) is 87.5 Å². The number of nitrogens with zero attached hydrogens (tertiary/aromatic N) is 4. The van der Waals surface area contributed by atoms with Gasteiger partial charge in [0, 0.05) is 36.4 Å². The molecule has 1 N–H and O–H groups in total. The Kier molecular flexibility index (Phi) is 4.39. The first-order valence-electron chi connectivity index (χ1n) is 9.60. The maximum atomic E-state index is 13.2. The molecule has 2 aliphatic rings. The second-order valence-corrected chi connectivity index (χ2v) is 8.50. The van der Waals surface area contributed by atoms with Crippen LogP contribution in [0.1, 0.15) is 31.2 Å². The number of rotatable bonds is 2. The van der Waals surface area contributed by atoms with Crippen molar-refractivity contribution in [2.24, 2.45) is 0 Å². The first kappa shape index (κ1) is 18.6. The van der Waals surface area contributed by atoms with Gasteiger partial charge in [-0.1, -0.05) is 6.07 Å². The summed E-state index contributed by atoms with van der Waals surface area (Å²) in [6.45, 7) is 0.989. The molecule has 5 rings (SSSR count). The van der Waals surface area contributed by atoms with E-state index in [0.717, 1.165) is 16.1 Å². The average Bonchev–Trinajstić information content (AvgIpc) is 3.38. The minimum atomic E-state index is -0.202. The monoisotopic (exact) mass is 421 g/mol. The van der Waals surface area contributed by atoms with Gasteiger partial charge in [0.1, 0.15) is 5.00 Å². The summed E-state index contributed by atoms with van der Waals surface area (Å²) in [6.07, 6.45) is 4.11. The molecule has 4 heterocycles. The van der Waals surface area contributed by atoms with Gasteiger partial charge in [-0.15, -0.1) is 11.3 Å². The van der Waals surface area contributed by atoms with E-state index in [2.05, 4.69) is 10.4 Å². The molecule has 2 aliphatic heterocycles. The van der Waals surface area contributed by atoms with Gasteiger partial charge in [0.05, 0.1) is 24.3 Å². The van der Waals surface area contributed by atoms with Crippen molar-refractivity contribution in [3.05, 3.63) is 64.3 Å². The fraction of sp³-hybridized carbons (Fsp3) is 0.238. The second kappa shape index (κ2) is 7.10. The Morgan fingerprint density at radius 1 is 1.20 bits per heavy atom. The molecular formula is C21H19N5O3S. The van der Waals surface area contributed by atoms with Gasteiger partial charge in [0.25, 0.3) is 11.8 Å². The molecule has 3 aromatic rings. The summed E-state index contributed by atoms with van der Waals surface area (Å²) in [4.78, 5) is 42.1. The van der Waals surface area contributed by atoms with E-state index < -0.39 is 0 Å². The molecule has 0 bridgehead atoms. The molecule has 0 atom stereocenters. The van der Waals surface area contributed by atoms with Crippen molar-refractivity contribution in [3.8, 4) is 5.69 Å². The Bertz CT molecular complexity index is 1170. The van der Waals surface area contributed by atoms with Gasteiger partial charge in [0.15, 0.2) is 0 Å². The van der Waals surface area contributed by atoms with E-state index in [9.17, 15) is 14.4 Å². The third kappa shape index (κ3) is 3.07. The van der Waals surface area contributed by atoms with E-state index in [1.807, 2.05) is 30.5 Å². The molecule has 0 fully saturated rings. The van der Waals surface area contributed by atoms with Crippen LogP contribution in [0.15, 0.2) is 42.7 Å². The molecule has 0 unspecified atom stereocenters. The van der Waals surface area contributed by atoms with Crippen molar-refractivity contribution >= 4 is 34.1 Å². The molecule has 0 saturated carbocycles. The van der Waals surface area contributed by atoms with Gasteiger partial charge in [-0.05, 0) is 36.2 Å². The number of fused-ring (bicyclic) bond motifs is 3. The fourth-order valence-electron chi connectivity index (χ4n) is 3.92. The van der Waals surface area contributed by atoms with Crippen molar-refractivity contribution < 1.29 is 14.4 Å². The molecule has 0 spiro atoms. The van der Waals surface area contributed by atoms with Gasteiger partial charge in [-0.25, -0.2) is 4.68 Å². The lowest BCUT2D eigenvalue weighted by molar-refractivity contribution is -0.116. The van der Waals surface area contributed by atoms with E-state index in [-0.39, 0.29) is 24.3 Å². The Hall–Kier alpha value is -3.46. The summed E-state index contributed by atoms with van der Waals surface area (Å²) in [5.74, 6) is -0.412. The van der Waals surface area contributed by atoms with E-state index >= 15 is 0 Å². The highest BCUT2D eigenvalue weighted by molar-refractivity contribution is 7.17. The summed E-state index contributed by atoms with van der Waals surface area (Å²) in [5.41, 5.74) is 2.94. The van der Waals surface area contributed by atoms with Crippen LogP contribution in [0, 0.1) is 0 Å². The Balaban J connectivity index is 1.42. The number of carbonyl (C=O) groups is 3. The van der Waals surface area contributed by atoms with Gasteiger partial charge < -0.3 is 15.1 Å². The van der Waals surface area contributed by atoms with Gasteiger partial charge in [0.2, 0.25) is 5.91 Å². The summed E-state index contributed by atoms with van der Waals surface area (Å²) in [7, 11) is 1.63. The lowest BCUT2D eigenvalue weighted by Crippen LogP contribution is -2.36.